The molecule has 0 bridgehead atoms. The Morgan fingerprint density at radius 3 is 2.69 bits per heavy atom. The molecule has 0 atom stereocenters. The van der Waals surface area contributed by atoms with E-state index in [-0.39, 0.29) is 17.0 Å². The standard InChI is InChI=1S/C25H18ClN3O3/c1-31-23-12-17(7-10-22(23)32-15-16-5-3-2-4-6-16)11-18(14-27)24-28-21-9-8-19(26)13-20(21)25(30)29-24/h2-13H,15H2,1H3,(H,28,29,30). The predicted molar refractivity (Wildman–Crippen MR) is 125 cm³/mol. The Morgan fingerprint density at radius 2 is 1.94 bits per heavy atom. The van der Waals surface area contributed by atoms with Crippen molar-refractivity contribution in [2.45, 2.75) is 6.61 Å². The van der Waals surface area contributed by atoms with Gasteiger partial charge in [0, 0.05) is 5.02 Å². The molecule has 158 valence electrons. The lowest BCUT2D eigenvalue weighted by Gasteiger charge is -2.11. The number of nitrogens with zero attached hydrogens (tertiary/aromatic N) is 2. The second-order valence-electron chi connectivity index (χ2n) is 6.93. The first-order valence-corrected chi connectivity index (χ1v) is 10.1. The molecule has 0 spiro atoms. The Balaban J connectivity index is 1.64. The molecule has 0 saturated heterocycles. The molecule has 0 aliphatic rings. The molecule has 0 unspecified atom stereocenters. The zero-order chi connectivity index (χ0) is 22.5. The number of aromatic amines is 1. The van der Waals surface area contributed by atoms with Crippen molar-refractivity contribution in [2.75, 3.05) is 7.11 Å². The smallest absolute Gasteiger partial charge is 0.259 e. The van der Waals surface area contributed by atoms with E-state index in [1.54, 1.807) is 49.6 Å². The van der Waals surface area contributed by atoms with Crippen molar-refractivity contribution in [2.24, 2.45) is 0 Å². The lowest BCUT2D eigenvalue weighted by molar-refractivity contribution is 0.284. The summed E-state index contributed by atoms with van der Waals surface area (Å²) in [5.74, 6) is 1.29. The molecule has 0 fully saturated rings. The van der Waals surface area contributed by atoms with Gasteiger partial charge in [-0.15, -0.1) is 0 Å². The van der Waals surface area contributed by atoms with Gasteiger partial charge in [-0.1, -0.05) is 48.0 Å². The number of methoxy groups -OCH3 is 1. The molecule has 4 aromatic rings. The minimum Gasteiger partial charge on any atom is -0.493 e. The zero-order valence-electron chi connectivity index (χ0n) is 17.1. The second kappa shape index (κ2) is 9.38. The summed E-state index contributed by atoms with van der Waals surface area (Å²) in [5, 5.41) is 10.5. The van der Waals surface area contributed by atoms with E-state index < -0.39 is 0 Å². The van der Waals surface area contributed by atoms with Crippen LogP contribution in [-0.4, -0.2) is 17.1 Å². The van der Waals surface area contributed by atoms with Crippen molar-refractivity contribution in [3.05, 3.63) is 99.1 Å². The topological polar surface area (TPSA) is 88.0 Å². The normalized spacial score (nSPS) is 11.2. The summed E-state index contributed by atoms with van der Waals surface area (Å²) in [6.45, 7) is 0.405. The molecule has 0 saturated carbocycles. The Labute approximate surface area is 189 Å². The predicted octanol–water partition coefficient (Wildman–Crippen LogP) is 5.23. The van der Waals surface area contributed by atoms with Crippen molar-refractivity contribution >= 4 is 34.2 Å². The van der Waals surface area contributed by atoms with Crippen LogP contribution in [0, 0.1) is 11.3 Å². The van der Waals surface area contributed by atoms with Gasteiger partial charge in [-0.2, -0.15) is 5.26 Å². The highest BCUT2D eigenvalue weighted by atomic mass is 35.5. The zero-order valence-corrected chi connectivity index (χ0v) is 17.9. The highest BCUT2D eigenvalue weighted by Crippen LogP contribution is 2.30. The molecule has 0 aliphatic carbocycles. The number of benzene rings is 3. The summed E-state index contributed by atoms with van der Waals surface area (Å²) < 4.78 is 11.3. The number of ether oxygens (including phenoxy) is 2. The summed E-state index contributed by atoms with van der Waals surface area (Å²) in [6, 6.07) is 22.1. The van der Waals surface area contributed by atoms with Crippen molar-refractivity contribution in [3.63, 3.8) is 0 Å². The van der Waals surface area contributed by atoms with E-state index >= 15 is 0 Å². The van der Waals surface area contributed by atoms with Crippen LogP contribution in [0.15, 0.2) is 71.5 Å². The maximum absolute atomic E-state index is 12.4. The van der Waals surface area contributed by atoms with E-state index in [0.717, 1.165) is 5.56 Å². The van der Waals surface area contributed by atoms with Crippen LogP contribution >= 0.6 is 11.6 Å². The monoisotopic (exact) mass is 443 g/mol. The number of halogens is 1. The van der Waals surface area contributed by atoms with Crippen molar-refractivity contribution in [3.8, 4) is 17.6 Å². The highest BCUT2D eigenvalue weighted by Gasteiger charge is 2.11. The Kier molecular flexibility index (Phi) is 6.20. The first-order chi connectivity index (χ1) is 15.6. The van der Waals surface area contributed by atoms with E-state index in [9.17, 15) is 10.1 Å². The Bertz CT molecular complexity index is 1410. The fourth-order valence-electron chi connectivity index (χ4n) is 3.19. The number of hydrogen-bond donors (Lipinski definition) is 1. The number of fused-ring (bicyclic) bond motifs is 1. The van der Waals surface area contributed by atoms with Gasteiger partial charge in [-0.25, -0.2) is 4.98 Å². The van der Waals surface area contributed by atoms with E-state index in [1.165, 1.54) is 0 Å². The Hall–Kier alpha value is -4.08. The van der Waals surface area contributed by atoms with Crippen LogP contribution in [0.25, 0.3) is 22.6 Å². The highest BCUT2D eigenvalue weighted by molar-refractivity contribution is 6.31. The van der Waals surface area contributed by atoms with Crippen molar-refractivity contribution < 1.29 is 9.47 Å². The van der Waals surface area contributed by atoms with Gasteiger partial charge in [0.1, 0.15) is 12.7 Å². The number of nitrogens with one attached hydrogen (secondary N) is 1. The van der Waals surface area contributed by atoms with Gasteiger partial charge < -0.3 is 14.5 Å². The molecule has 0 radical (unpaired) electrons. The maximum Gasteiger partial charge on any atom is 0.259 e. The van der Waals surface area contributed by atoms with E-state index in [1.807, 2.05) is 30.3 Å². The molecule has 32 heavy (non-hydrogen) atoms. The van der Waals surface area contributed by atoms with E-state index in [2.05, 4.69) is 16.0 Å². The van der Waals surface area contributed by atoms with Crippen molar-refractivity contribution in [1.82, 2.24) is 9.97 Å². The van der Waals surface area contributed by atoms with Gasteiger partial charge in [0.25, 0.3) is 5.56 Å². The average Bonchev–Trinajstić information content (AvgIpc) is 2.82. The van der Waals surface area contributed by atoms with Gasteiger partial charge in [0.05, 0.1) is 23.6 Å². The molecule has 1 N–H and O–H groups in total. The van der Waals surface area contributed by atoms with Crippen LogP contribution in [-0.2, 0) is 6.61 Å². The summed E-state index contributed by atoms with van der Waals surface area (Å²) >= 11 is 5.96. The summed E-state index contributed by atoms with van der Waals surface area (Å²) in [6.07, 6.45) is 1.63. The molecular formula is C25H18ClN3O3. The largest absolute Gasteiger partial charge is 0.493 e. The number of H-pyrrole nitrogens is 1. The molecule has 1 aromatic heterocycles. The third kappa shape index (κ3) is 4.64. The summed E-state index contributed by atoms with van der Waals surface area (Å²) in [7, 11) is 1.55. The lowest BCUT2D eigenvalue weighted by atomic mass is 10.1. The molecule has 7 heteroatoms. The average molecular weight is 444 g/mol. The number of allylic oxidation sites excluding steroid dienone is 1. The second-order valence-corrected chi connectivity index (χ2v) is 7.37. The molecule has 3 aromatic carbocycles. The molecule has 4 rings (SSSR count). The molecule has 0 amide bonds. The number of aromatic nitrogens is 2. The fourth-order valence-corrected chi connectivity index (χ4v) is 3.36. The number of hydrogen-bond acceptors (Lipinski definition) is 5. The fraction of sp³-hybridized carbons (Fsp3) is 0.0800. The SMILES string of the molecule is COc1cc(C=C(C#N)c2nc3ccc(Cl)cc3c(=O)[nH]2)ccc1OCc1ccccc1. The van der Waals surface area contributed by atoms with Gasteiger partial charge in [0.2, 0.25) is 0 Å². The van der Waals surface area contributed by atoms with Crippen LogP contribution in [0.2, 0.25) is 5.02 Å². The number of nitriles is 1. The van der Waals surface area contributed by atoms with Gasteiger partial charge in [-0.3, -0.25) is 4.79 Å². The van der Waals surface area contributed by atoms with Gasteiger partial charge in [0.15, 0.2) is 17.3 Å². The third-order valence-electron chi connectivity index (χ3n) is 4.78. The van der Waals surface area contributed by atoms with Crippen LogP contribution < -0.4 is 15.0 Å². The molecule has 0 aliphatic heterocycles. The maximum atomic E-state index is 12.4. The Morgan fingerprint density at radius 1 is 1.12 bits per heavy atom. The van der Waals surface area contributed by atoms with Gasteiger partial charge in [-0.05, 0) is 47.5 Å². The summed E-state index contributed by atoms with van der Waals surface area (Å²) in [4.78, 5) is 19.5. The van der Waals surface area contributed by atoms with Crippen molar-refractivity contribution in [1.29, 1.82) is 5.26 Å². The third-order valence-corrected chi connectivity index (χ3v) is 5.01. The first-order valence-electron chi connectivity index (χ1n) is 9.74. The first kappa shape index (κ1) is 21.2. The molecular weight excluding hydrogens is 426 g/mol. The molecule has 1 heterocycles. The van der Waals surface area contributed by atoms with Crippen LogP contribution in [0.5, 0.6) is 11.5 Å². The quantitative estimate of drug-likeness (QED) is 0.412. The van der Waals surface area contributed by atoms with Gasteiger partial charge >= 0.3 is 0 Å². The van der Waals surface area contributed by atoms with E-state index in [0.29, 0.717) is 39.6 Å². The van der Waals surface area contributed by atoms with E-state index in [4.69, 9.17) is 21.1 Å². The molecule has 6 nitrogen and oxygen atoms in total. The minimum atomic E-state index is -0.365. The van der Waals surface area contributed by atoms with Crippen LogP contribution in [0.1, 0.15) is 17.0 Å². The number of rotatable bonds is 6. The minimum absolute atomic E-state index is 0.177. The van der Waals surface area contributed by atoms with Crippen LogP contribution in [0.4, 0.5) is 0 Å². The summed E-state index contributed by atoms with van der Waals surface area (Å²) in [5.41, 5.74) is 2.04. The van der Waals surface area contributed by atoms with Crippen LogP contribution in [0.3, 0.4) is 0 Å². The lowest BCUT2D eigenvalue weighted by Crippen LogP contribution is -2.11.